The van der Waals surface area contributed by atoms with Crippen molar-refractivity contribution in [1.29, 1.82) is 0 Å². The number of sulfonamides is 1. The Labute approximate surface area is 262 Å². The maximum absolute atomic E-state index is 13.7. The molecule has 11 nitrogen and oxygen atoms in total. The highest BCUT2D eigenvalue weighted by atomic mass is 32.2. The second kappa shape index (κ2) is 18.7. The standard InChI is InChI=1S/C32H50N4O7S/c1-7-24(4)31(35-30(38)20-33-17-18-42-5)32(39)34-28(19-25-11-9-8-10-12-25)29(37)22-36(21-23(2)3)44(40,41)27-15-13-26(43-6)14-16-27/h8-16,23-24,28-29,31,33,37H,7,17-22H2,1-6H3,(H,34,39)(H,35,38)/t24?,28-,29?,31-/m0/s1. The van der Waals surface area contributed by atoms with Crippen molar-refractivity contribution in [3.05, 3.63) is 60.2 Å². The van der Waals surface area contributed by atoms with E-state index in [4.69, 9.17) is 9.47 Å². The van der Waals surface area contributed by atoms with Gasteiger partial charge in [-0.25, -0.2) is 8.42 Å². The summed E-state index contributed by atoms with van der Waals surface area (Å²) >= 11 is 0. The summed E-state index contributed by atoms with van der Waals surface area (Å²) in [6, 6.07) is 13.8. The van der Waals surface area contributed by atoms with E-state index >= 15 is 0 Å². The Morgan fingerprint density at radius 3 is 2.18 bits per heavy atom. The lowest BCUT2D eigenvalue weighted by Crippen LogP contribution is -2.57. The minimum Gasteiger partial charge on any atom is -0.497 e. The lowest BCUT2D eigenvalue weighted by Gasteiger charge is -2.32. The quantitative estimate of drug-likeness (QED) is 0.162. The Morgan fingerprint density at radius 2 is 1.61 bits per heavy atom. The maximum Gasteiger partial charge on any atom is 0.243 e. The molecule has 0 aliphatic heterocycles. The molecule has 2 aromatic rings. The van der Waals surface area contributed by atoms with E-state index < -0.39 is 34.1 Å². The van der Waals surface area contributed by atoms with Crippen molar-refractivity contribution in [2.75, 3.05) is 47.0 Å². The molecule has 246 valence electrons. The number of ether oxygens (including phenoxy) is 2. The largest absolute Gasteiger partial charge is 0.497 e. The van der Waals surface area contributed by atoms with Crippen LogP contribution in [0.3, 0.4) is 0 Å². The fourth-order valence-electron chi connectivity index (χ4n) is 4.64. The zero-order chi connectivity index (χ0) is 32.7. The number of nitrogens with zero attached hydrogens (tertiary/aromatic N) is 1. The van der Waals surface area contributed by atoms with Gasteiger partial charge in [-0.15, -0.1) is 0 Å². The molecule has 0 aromatic heterocycles. The number of aliphatic hydroxyl groups excluding tert-OH is 1. The van der Waals surface area contributed by atoms with E-state index in [-0.39, 0.29) is 48.7 Å². The summed E-state index contributed by atoms with van der Waals surface area (Å²) in [6.07, 6.45) is -0.371. The molecule has 0 saturated carbocycles. The van der Waals surface area contributed by atoms with Crippen LogP contribution in [-0.2, 0) is 30.8 Å². The third-order valence-corrected chi connectivity index (χ3v) is 9.17. The van der Waals surface area contributed by atoms with E-state index in [9.17, 15) is 23.1 Å². The highest BCUT2D eigenvalue weighted by Gasteiger charge is 2.34. The number of hydrogen-bond acceptors (Lipinski definition) is 8. The first-order valence-corrected chi connectivity index (χ1v) is 16.5. The number of nitrogens with one attached hydrogen (secondary N) is 3. The molecule has 0 fully saturated rings. The molecule has 2 rings (SSSR count). The summed E-state index contributed by atoms with van der Waals surface area (Å²) < 4.78 is 38.9. The second-order valence-corrected chi connectivity index (χ2v) is 13.3. The van der Waals surface area contributed by atoms with Gasteiger partial charge in [-0.05, 0) is 48.1 Å². The third-order valence-electron chi connectivity index (χ3n) is 7.33. The van der Waals surface area contributed by atoms with Gasteiger partial charge in [0.2, 0.25) is 21.8 Å². The van der Waals surface area contributed by atoms with Gasteiger partial charge in [0.05, 0.1) is 37.3 Å². The van der Waals surface area contributed by atoms with E-state index in [1.807, 2.05) is 58.0 Å². The summed E-state index contributed by atoms with van der Waals surface area (Å²) in [5.41, 5.74) is 0.858. The van der Waals surface area contributed by atoms with Crippen molar-refractivity contribution in [2.24, 2.45) is 11.8 Å². The average Bonchev–Trinajstić information content (AvgIpc) is 3.01. The second-order valence-electron chi connectivity index (χ2n) is 11.4. The number of carbonyl (C=O) groups excluding carboxylic acids is 2. The van der Waals surface area contributed by atoms with Crippen LogP contribution in [0, 0.1) is 11.8 Å². The molecule has 0 spiro atoms. The van der Waals surface area contributed by atoms with Crippen molar-refractivity contribution in [2.45, 2.75) is 63.6 Å². The Morgan fingerprint density at radius 1 is 0.955 bits per heavy atom. The maximum atomic E-state index is 13.7. The molecule has 0 radical (unpaired) electrons. The SMILES string of the molecule is CCC(C)[C@H](NC(=O)CNCCOC)C(=O)N[C@@H](Cc1ccccc1)C(O)CN(CC(C)C)S(=O)(=O)c1ccc(OC)cc1. The molecule has 0 bridgehead atoms. The highest BCUT2D eigenvalue weighted by molar-refractivity contribution is 7.89. The first-order chi connectivity index (χ1) is 20.9. The molecule has 0 aliphatic carbocycles. The molecule has 0 aliphatic rings. The van der Waals surface area contributed by atoms with Crippen LogP contribution in [-0.4, -0.2) is 94.8 Å². The van der Waals surface area contributed by atoms with E-state index in [2.05, 4.69) is 16.0 Å². The smallest absolute Gasteiger partial charge is 0.243 e. The average molecular weight is 635 g/mol. The zero-order valence-electron chi connectivity index (χ0n) is 26.8. The van der Waals surface area contributed by atoms with Crippen LogP contribution < -0.4 is 20.7 Å². The van der Waals surface area contributed by atoms with Gasteiger partial charge >= 0.3 is 0 Å². The monoisotopic (exact) mass is 634 g/mol. The van der Waals surface area contributed by atoms with Gasteiger partial charge in [-0.2, -0.15) is 4.31 Å². The van der Waals surface area contributed by atoms with Crippen LogP contribution in [0.4, 0.5) is 0 Å². The number of carbonyl (C=O) groups is 2. The molecular formula is C32H50N4O7S. The number of rotatable bonds is 20. The number of methoxy groups -OCH3 is 2. The summed E-state index contributed by atoms with van der Waals surface area (Å²) in [4.78, 5) is 26.4. The minimum atomic E-state index is -3.98. The third kappa shape index (κ3) is 11.8. The molecule has 0 heterocycles. The molecule has 2 amide bonds. The first-order valence-electron chi connectivity index (χ1n) is 15.1. The van der Waals surface area contributed by atoms with E-state index in [1.54, 1.807) is 19.2 Å². The molecule has 4 atom stereocenters. The van der Waals surface area contributed by atoms with Crippen molar-refractivity contribution >= 4 is 21.8 Å². The predicted octanol–water partition coefficient (Wildman–Crippen LogP) is 2.20. The summed E-state index contributed by atoms with van der Waals surface area (Å²) in [5, 5.41) is 20.3. The molecular weight excluding hydrogens is 584 g/mol. The topological polar surface area (TPSA) is 146 Å². The first kappa shape index (κ1) is 37.2. The van der Waals surface area contributed by atoms with E-state index in [1.165, 1.54) is 23.5 Å². The van der Waals surface area contributed by atoms with Gasteiger partial charge in [-0.1, -0.05) is 64.4 Å². The molecule has 12 heteroatoms. The Kier molecular flexibility index (Phi) is 15.8. The van der Waals surface area contributed by atoms with Crippen molar-refractivity contribution in [3.63, 3.8) is 0 Å². The Hall–Kier alpha value is -3.03. The van der Waals surface area contributed by atoms with Crippen LogP contribution in [0.2, 0.25) is 0 Å². The summed E-state index contributed by atoms with van der Waals surface area (Å²) in [5.74, 6) is -0.479. The number of aliphatic hydroxyl groups is 1. The van der Waals surface area contributed by atoms with Crippen molar-refractivity contribution in [1.82, 2.24) is 20.3 Å². The van der Waals surface area contributed by atoms with E-state index in [0.29, 0.717) is 25.3 Å². The van der Waals surface area contributed by atoms with Gasteiger partial charge in [0.25, 0.3) is 0 Å². The van der Waals surface area contributed by atoms with Crippen molar-refractivity contribution in [3.8, 4) is 5.75 Å². The lowest BCUT2D eigenvalue weighted by atomic mass is 9.96. The Balaban J connectivity index is 2.33. The van der Waals surface area contributed by atoms with E-state index in [0.717, 1.165) is 5.56 Å². The lowest BCUT2D eigenvalue weighted by molar-refractivity contribution is -0.131. The molecule has 2 aromatic carbocycles. The van der Waals surface area contributed by atoms with Crippen LogP contribution >= 0.6 is 0 Å². The number of benzene rings is 2. The Bertz CT molecular complexity index is 1240. The predicted molar refractivity (Wildman–Crippen MR) is 171 cm³/mol. The normalized spacial score (nSPS) is 14.6. The van der Waals surface area contributed by atoms with Crippen LogP contribution in [0.1, 0.15) is 39.7 Å². The molecule has 4 N–H and O–H groups in total. The fourth-order valence-corrected chi connectivity index (χ4v) is 6.26. The van der Waals surface area contributed by atoms with Crippen LogP contribution in [0.15, 0.2) is 59.5 Å². The molecule has 44 heavy (non-hydrogen) atoms. The van der Waals surface area contributed by atoms with Gasteiger partial charge in [0.1, 0.15) is 11.8 Å². The van der Waals surface area contributed by atoms with Gasteiger partial charge in [-0.3, -0.25) is 9.59 Å². The number of amides is 2. The van der Waals surface area contributed by atoms with Gasteiger partial charge < -0.3 is 30.5 Å². The number of hydrogen-bond donors (Lipinski definition) is 4. The minimum absolute atomic E-state index is 0.0209. The van der Waals surface area contributed by atoms with Gasteiger partial charge in [0, 0.05) is 26.7 Å². The van der Waals surface area contributed by atoms with Crippen molar-refractivity contribution < 1.29 is 32.6 Å². The fraction of sp³-hybridized carbons (Fsp3) is 0.562. The van der Waals surface area contributed by atoms with Gasteiger partial charge in [0.15, 0.2) is 0 Å². The summed E-state index contributed by atoms with van der Waals surface area (Å²) in [6.45, 7) is 8.48. The molecule has 2 unspecified atom stereocenters. The zero-order valence-corrected chi connectivity index (χ0v) is 27.6. The molecule has 0 saturated heterocycles. The van der Waals surface area contributed by atoms with Crippen LogP contribution in [0.5, 0.6) is 5.75 Å². The van der Waals surface area contributed by atoms with Crippen LogP contribution in [0.25, 0.3) is 0 Å². The highest BCUT2D eigenvalue weighted by Crippen LogP contribution is 2.22. The summed E-state index contributed by atoms with van der Waals surface area (Å²) in [7, 11) is -0.907.